The quantitative estimate of drug-likeness (QED) is 0.898. The summed E-state index contributed by atoms with van der Waals surface area (Å²) in [5.74, 6) is 0.898. The fourth-order valence-electron chi connectivity index (χ4n) is 2.55. The van der Waals surface area contributed by atoms with E-state index in [2.05, 4.69) is 14.9 Å². The maximum absolute atomic E-state index is 11.6. The Morgan fingerprint density at radius 2 is 2.00 bits per heavy atom. The van der Waals surface area contributed by atoms with E-state index in [-0.39, 0.29) is 0 Å². The van der Waals surface area contributed by atoms with Crippen molar-refractivity contribution in [3.05, 3.63) is 24.4 Å². The average molecular weight is 294 g/mol. The number of aromatic amines is 1. The molecule has 0 aliphatic carbocycles. The zero-order valence-electron chi connectivity index (χ0n) is 11.4. The number of sulfonamides is 1. The van der Waals surface area contributed by atoms with Crippen molar-refractivity contribution in [1.82, 2.24) is 14.3 Å². The summed E-state index contributed by atoms with van der Waals surface area (Å²) in [5.41, 5.74) is 0.867. The van der Waals surface area contributed by atoms with Gasteiger partial charge in [0.05, 0.1) is 6.26 Å². The summed E-state index contributed by atoms with van der Waals surface area (Å²) in [6.07, 6.45) is 3.96. The summed E-state index contributed by atoms with van der Waals surface area (Å²) in [7, 11) is -3.10. The summed E-state index contributed by atoms with van der Waals surface area (Å²) in [6.45, 7) is 2.60. The van der Waals surface area contributed by atoms with Crippen molar-refractivity contribution in [2.75, 3.05) is 37.3 Å². The molecular formula is C13H18N4O2S. The fraction of sp³-hybridized carbons (Fsp3) is 0.462. The second-order valence-electron chi connectivity index (χ2n) is 5.09. The number of fused-ring (bicyclic) bond motifs is 1. The van der Waals surface area contributed by atoms with E-state index in [1.165, 1.54) is 6.26 Å². The standard InChI is InChI=1S/C13H18N4O2S/c1-20(18,19)17-8-2-7-16(9-10-17)12-4-3-11-5-6-14-13(11)15-12/h3-6H,2,7-10H2,1H3,(H,14,15). The summed E-state index contributed by atoms with van der Waals surface area (Å²) in [4.78, 5) is 9.84. The van der Waals surface area contributed by atoms with Crippen molar-refractivity contribution in [2.45, 2.75) is 6.42 Å². The number of pyridine rings is 1. The Labute approximate surface area is 118 Å². The minimum absolute atomic E-state index is 0.517. The smallest absolute Gasteiger partial charge is 0.211 e. The first-order valence-corrected chi connectivity index (χ1v) is 8.53. The molecular weight excluding hydrogens is 276 g/mol. The monoisotopic (exact) mass is 294 g/mol. The minimum atomic E-state index is -3.10. The topological polar surface area (TPSA) is 69.3 Å². The van der Waals surface area contributed by atoms with E-state index < -0.39 is 10.0 Å². The van der Waals surface area contributed by atoms with E-state index in [9.17, 15) is 8.42 Å². The molecule has 0 saturated carbocycles. The second-order valence-corrected chi connectivity index (χ2v) is 7.07. The number of aromatic nitrogens is 2. The van der Waals surface area contributed by atoms with Gasteiger partial charge in [-0.15, -0.1) is 0 Å². The molecule has 2 aromatic heterocycles. The summed E-state index contributed by atoms with van der Waals surface area (Å²) in [6, 6.07) is 6.01. The molecule has 0 spiro atoms. The number of rotatable bonds is 2. The highest BCUT2D eigenvalue weighted by Gasteiger charge is 2.21. The van der Waals surface area contributed by atoms with Crippen LogP contribution in [0.25, 0.3) is 11.0 Å². The summed E-state index contributed by atoms with van der Waals surface area (Å²) >= 11 is 0. The Morgan fingerprint density at radius 1 is 1.15 bits per heavy atom. The Bertz CT molecular complexity index is 710. The molecule has 2 aromatic rings. The Balaban J connectivity index is 1.80. The molecule has 0 aromatic carbocycles. The van der Waals surface area contributed by atoms with Crippen molar-refractivity contribution in [2.24, 2.45) is 0 Å². The van der Waals surface area contributed by atoms with Crippen molar-refractivity contribution in [3.63, 3.8) is 0 Å². The molecule has 3 heterocycles. The molecule has 3 rings (SSSR count). The van der Waals surface area contributed by atoms with Crippen LogP contribution in [0.5, 0.6) is 0 Å². The van der Waals surface area contributed by atoms with E-state index in [0.29, 0.717) is 19.6 Å². The van der Waals surface area contributed by atoms with Crippen molar-refractivity contribution >= 4 is 26.9 Å². The molecule has 0 radical (unpaired) electrons. The molecule has 1 aliphatic rings. The summed E-state index contributed by atoms with van der Waals surface area (Å²) in [5, 5.41) is 1.08. The van der Waals surface area contributed by atoms with Crippen LogP contribution >= 0.6 is 0 Å². The predicted octanol–water partition coefficient (Wildman–Crippen LogP) is 1.03. The van der Waals surface area contributed by atoms with Gasteiger partial charge in [0.25, 0.3) is 0 Å². The maximum Gasteiger partial charge on any atom is 0.211 e. The normalized spacial score (nSPS) is 18.4. The fourth-order valence-corrected chi connectivity index (χ4v) is 3.42. The van der Waals surface area contributed by atoms with Crippen molar-refractivity contribution in [1.29, 1.82) is 0 Å². The van der Waals surface area contributed by atoms with Crippen LogP contribution in [-0.2, 0) is 10.0 Å². The molecule has 1 aliphatic heterocycles. The number of nitrogens with one attached hydrogen (secondary N) is 1. The first-order chi connectivity index (χ1) is 9.54. The third-order valence-electron chi connectivity index (χ3n) is 3.64. The van der Waals surface area contributed by atoms with Crippen LogP contribution in [0.4, 0.5) is 5.82 Å². The van der Waals surface area contributed by atoms with Gasteiger partial charge in [-0.3, -0.25) is 0 Å². The van der Waals surface area contributed by atoms with Crippen LogP contribution in [0, 0.1) is 0 Å². The van der Waals surface area contributed by atoms with Crippen LogP contribution in [-0.4, -0.2) is 55.1 Å². The molecule has 1 N–H and O–H groups in total. The molecule has 0 unspecified atom stereocenters. The number of hydrogen-bond donors (Lipinski definition) is 1. The van der Waals surface area contributed by atoms with Crippen LogP contribution in [0.1, 0.15) is 6.42 Å². The van der Waals surface area contributed by atoms with Gasteiger partial charge in [-0.25, -0.2) is 17.7 Å². The van der Waals surface area contributed by atoms with Crippen molar-refractivity contribution in [3.8, 4) is 0 Å². The van der Waals surface area contributed by atoms with Gasteiger partial charge in [0.15, 0.2) is 0 Å². The largest absolute Gasteiger partial charge is 0.355 e. The zero-order valence-corrected chi connectivity index (χ0v) is 12.2. The number of nitrogens with zero attached hydrogens (tertiary/aromatic N) is 3. The number of H-pyrrole nitrogens is 1. The lowest BCUT2D eigenvalue weighted by Crippen LogP contribution is -2.34. The van der Waals surface area contributed by atoms with Gasteiger partial charge in [-0.1, -0.05) is 0 Å². The van der Waals surface area contributed by atoms with Crippen LogP contribution < -0.4 is 4.90 Å². The Morgan fingerprint density at radius 3 is 2.80 bits per heavy atom. The molecule has 0 bridgehead atoms. The maximum atomic E-state index is 11.6. The highest BCUT2D eigenvalue weighted by atomic mass is 32.2. The molecule has 1 fully saturated rings. The molecule has 0 atom stereocenters. The molecule has 7 heteroatoms. The predicted molar refractivity (Wildman–Crippen MR) is 79.3 cm³/mol. The molecule has 1 saturated heterocycles. The lowest BCUT2D eigenvalue weighted by Gasteiger charge is -2.21. The molecule has 0 amide bonds. The highest BCUT2D eigenvalue weighted by Crippen LogP contribution is 2.19. The van der Waals surface area contributed by atoms with Gasteiger partial charge in [-0.05, 0) is 24.6 Å². The van der Waals surface area contributed by atoms with Gasteiger partial charge >= 0.3 is 0 Å². The van der Waals surface area contributed by atoms with Crippen LogP contribution in [0.15, 0.2) is 24.4 Å². The average Bonchev–Trinajstić information content (AvgIpc) is 2.70. The van der Waals surface area contributed by atoms with Gasteiger partial charge in [0, 0.05) is 37.8 Å². The van der Waals surface area contributed by atoms with E-state index in [4.69, 9.17) is 0 Å². The first-order valence-electron chi connectivity index (χ1n) is 6.68. The number of hydrogen-bond acceptors (Lipinski definition) is 4. The Hall–Kier alpha value is -1.60. The molecule has 6 nitrogen and oxygen atoms in total. The highest BCUT2D eigenvalue weighted by molar-refractivity contribution is 7.88. The van der Waals surface area contributed by atoms with Crippen LogP contribution in [0.3, 0.4) is 0 Å². The lowest BCUT2D eigenvalue weighted by atomic mass is 10.3. The van der Waals surface area contributed by atoms with Gasteiger partial charge in [0.2, 0.25) is 10.0 Å². The van der Waals surface area contributed by atoms with E-state index in [1.807, 2.05) is 24.4 Å². The zero-order chi connectivity index (χ0) is 14.2. The van der Waals surface area contributed by atoms with E-state index in [0.717, 1.165) is 29.8 Å². The first kappa shape index (κ1) is 13.4. The van der Waals surface area contributed by atoms with Crippen LogP contribution in [0.2, 0.25) is 0 Å². The van der Waals surface area contributed by atoms with Gasteiger partial charge < -0.3 is 9.88 Å². The van der Waals surface area contributed by atoms with E-state index >= 15 is 0 Å². The van der Waals surface area contributed by atoms with Gasteiger partial charge in [0.1, 0.15) is 11.5 Å². The van der Waals surface area contributed by atoms with Crippen molar-refractivity contribution < 1.29 is 8.42 Å². The summed E-state index contributed by atoms with van der Waals surface area (Å²) < 4.78 is 24.8. The molecule has 20 heavy (non-hydrogen) atoms. The minimum Gasteiger partial charge on any atom is -0.355 e. The third-order valence-corrected chi connectivity index (χ3v) is 4.95. The molecule has 108 valence electrons. The third kappa shape index (κ3) is 2.64. The van der Waals surface area contributed by atoms with E-state index in [1.54, 1.807) is 4.31 Å². The Kier molecular flexibility index (Phi) is 3.39. The number of anilines is 1. The lowest BCUT2D eigenvalue weighted by molar-refractivity contribution is 0.437. The van der Waals surface area contributed by atoms with Gasteiger partial charge in [-0.2, -0.15) is 0 Å². The SMILES string of the molecule is CS(=O)(=O)N1CCCN(c2ccc3cc[nH]c3n2)CC1. The second kappa shape index (κ2) is 5.06.